The van der Waals surface area contributed by atoms with Crippen LogP contribution in [0.5, 0.6) is 0 Å². The third kappa shape index (κ3) is 3.95. The Morgan fingerprint density at radius 2 is 1.90 bits per heavy atom. The molecule has 1 aliphatic heterocycles. The van der Waals surface area contributed by atoms with Crippen molar-refractivity contribution < 1.29 is 8.42 Å². The second kappa shape index (κ2) is 6.32. The predicted molar refractivity (Wildman–Crippen MR) is 82.9 cm³/mol. The maximum Gasteiger partial charge on any atom is 0.211 e. The van der Waals surface area contributed by atoms with Gasteiger partial charge in [0.1, 0.15) is 0 Å². The second-order valence-electron chi connectivity index (χ2n) is 7.22. The Balaban J connectivity index is 1.97. The van der Waals surface area contributed by atoms with Crippen molar-refractivity contribution >= 4 is 10.0 Å². The van der Waals surface area contributed by atoms with Gasteiger partial charge in [0, 0.05) is 13.1 Å². The summed E-state index contributed by atoms with van der Waals surface area (Å²) >= 11 is 0. The van der Waals surface area contributed by atoms with Crippen molar-refractivity contribution in [1.82, 2.24) is 4.31 Å². The lowest BCUT2D eigenvalue weighted by atomic mass is 9.66. The number of rotatable bonds is 4. The summed E-state index contributed by atoms with van der Waals surface area (Å²) in [7, 11) is -3.03. The molecule has 1 heterocycles. The van der Waals surface area contributed by atoms with Crippen LogP contribution in [0.2, 0.25) is 0 Å². The lowest BCUT2D eigenvalue weighted by Gasteiger charge is -2.43. The van der Waals surface area contributed by atoms with Crippen molar-refractivity contribution in [3.05, 3.63) is 0 Å². The molecule has 0 aromatic carbocycles. The third-order valence-corrected chi connectivity index (χ3v) is 6.71. The highest BCUT2D eigenvalue weighted by atomic mass is 32.2. The number of hydrogen-bond donors (Lipinski definition) is 1. The Morgan fingerprint density at radius 3 is 2.45 bits per heavy atom. The Kier molecular flexibility index (Phi) is 5.14. The summed E-state index contributed by atoms with van der Waals surface area (Å²) < 4.78 is 25.1. The van der Waals surface area contributed by atoms with E-state index < -0.39 is 10.0 Å². The van der Waals surface area contributed by atoms with E-state index in [9.17, 15) is 8.42 Å². The summed E-state index contributed by atoms with van der Waals surface area (Å²) in [5.41, 5.74) is 6.36. The molecule has 1 aliphatic carbocycles. The fraction of sp³-hybridized carbons (Fsp3) is 1.00. The first-order valence-corrected chi connectivity index (χ1v) is 9.85. The first-order valence-electron chi connectivity index (χ1n) is 8.00. The molecule has 2 N–H and O–H groups in total. The first-order chi connectivity index (χ1) is 9.35. The van der Waals surface area contributed by atoms with Gasteiger partial charge in [0.25, 0.3) is 0 Å². The molecule has 5 heteroatoms. The lowest BCUT2D eigenvalue weighted by Crippen LogP contribution is -2.43. The molecule has 0 aromatic heterocycles. The average Bonchev–Trinajstić information content (AvgIpc) is 2.41. The van der Waals surface area contributed by atoms with Gasteiger partial charge in [0.05, 0.1) is 6.26 Å². The molecule has 0 amide bonds. The first kappa shape index (κ1) is 16.2. The van der Waals surface area contributed by atoms with Gasteiger partial charge in [-0.15, -0.1) is 0 Å². The van der Waals surface area contributed by atoms with Crippen LogP contribution in [-0.4, -0.2) is 38.6 Å². The minimum Gasteiger partial charge on any atom is -0.330 e. The number of nitrogens with zero attached hydrogens (tertiary/aromatic N) is 1. The van der Waals surface area contributed by atoms with E-state index in [0.29, 0.717) is 19.0 Å². The van der Waals surface area contributed by atoms with E-state index in [1.165, 1.54) is 31.9 Å². The van der Waals surface area contributed by atoms with Crippen molar-refractivity contribution in [1.29, 1.82) is 0 Å². The SMILES string of the molecule is CC1CCC(CN)(CC2CCCN(S(C)(=O)=O)C2)CC1. The smallest absolute Gasteiger partial charge is 0.211 e. The van der Waals surface area contributed by atoms with Gasteiger partial charge in [0.2, 0.25) is 10.0 Å². The van der Waals surface area contributed by atoms with E-state index in [1.807, 2.05) is 0 Å². The molecule has 1 atom stereocenters. The molecule has 1 saturated carbocycles. The lowest BCUT2D eigenvalue weighted by molar-refractivity contribution is 0.105. The van der Waals surface area contributed by atoms with Crippen molar-refractivity contribution in [3.63, 3.8) is 0 Å². The van der Waals surface area contributed by atoms with E-state index in [-0.39, 0.29) is 5.41 Å². The molecule has 0 bridgehead atoms. The second-order valence-corrected chi connectivity index (χ2v) is 9.20. The quantitative estimate of drug-likeness (QED) is 0.866. The Morgan fingerprint density at radius 1 is 1.25 bits per heavy atom. The van der Waals surface area contributed by atoms with Crippen LogP contribution in [0.1, 0.15) is 51.9 Å². The largest absolute Gasteiger partial charge is 0.330 e. The van der Waals surface area contributed by atoms with E-state index in [4.69, 9.17) is 5.73 Å². The summed E-state index contributed by atoms with van der Waals surface area (Å²) in [6.45, 7) is 4.49. The Hall–Kier alpha value is -0.130. The monoisotopic (exact) mass is 302 g/mol. The number of piperidine rings is 1. The van der Waals surface area contributed by atoms with Crippen molar-refractivity contribution in [2.24, 2.45) is 23.0 Å². The van der Waals surface area contributed by atoms with E-state index in [1.54, 1.807) is 4.31 Å². The van der Waals surface area contributed by atoms with Crippen molar-refractivity contribution in [3.8, 4) is 0 Å². The van der Waals surface area contributed by atoms with Crippen LogP contribution in [0.3, 0.4) is 0 Å². The Bertz CT molecular complexity index is 414. The summed E-state index contributed by atoms with van der Waals surface area (Å²) in [4.78, 5) is 0. The fourth-order valence-corrected chi connectivity index (χ4v) is 4.92. The molecule has 0 radical (unpaired) electrons. The summed E-state index contributed by atoms with van der Waals surface area (Å²) in [5, 5.41) is 0. The highest BCUT2D eigenvalue weighted by molar-refractivity contribution is 7.88. The van der Waals surface area contributed by atoms with Gasteiger partial charge in [-0.3, -0.25) is 0 Å². The molecule has 2 fully saturated rings. The van der Waals surface area contributed by atoms with E-state index in [2.05, 4.69) is 6.92 Å². The molecule has 2 aliphatic rings. The van der Waals surface area contributed by atoms with Gasteiger partial charge in [-0.05, 0) is 55.9 Å². The number of nitrogens with two attached hydrogens (primary N) is 1. The zero-order valence-electron chi connectivity index (χ0n) is 13.0. The van der Waals surface area contributed by atoms with Crippen LogP contribution in [-0.2, 0) is 10.0 Å². The van der Waals surface area contributed by atoms with Crippen LogP contribution in [0.25, 0.3) is 0 Å². The van der Waals surface area contributed by atoms with Crippen LogP contribution < -0.4 is 5.73 Å². The maximum atomic E-state index is 11.7. The van der Waals surface area contributed by atoms with E-state index in [0.717, 1.165) is 31.7 Å². The normalized spacial score (nSPS) is 37.0. The van der Waals surface area contributed by atoms with Gasteiger partial charge in [-0.1, -0.05) is 19.8 Å². The zero-order valence-corrected chi connectivity index (χ0v) is 13.8. The molecule has 118 valence electrons. The highest BCUT2D eigenvalue weighted by Crippen LogP contribution is 2.44. The minimum atomic E-state index is -3.03. The molecular weight excluding hydrogens is 272 g/mol. The topological polar surface area (TPSA) is 63.4 Å². The minimum absolute atomic E-state index is 0.275. The third-order valence-electron chi connectivity index (χ3n) is 5.44. The number of hydrogen-bond acceptors (Lipinski definition) is 3. The summed E-state index contributed by atoms with van der Waals surface area (Å²) in [5.74, 6) is 1.32. The predicted octanol–water partition coefficient (Wildman–Crippen LogP) is 2.20. The molecule has 2 rings (SSSR count). The summed E-state index contributed by atoms with van der Waals surface area (Å²) in [6, 6.07) is 0. The fourth-order valence-electron chi connectivity index (χ4n) is 3.97. The molecule has 1 saturated heterocycles. The maximum absolute atomic E-state index is 11.7. The standard InChI is InChI=1S/C15H30N2O2S/c1-13-5-7-15(12-16,8-6-13)10-14-4-3-9-17(11-14)20(2,18)19/h13-14H,3-12,16H2,1-2H3. The molecule has 0 aromatic rings. The Labute approximate surface area is 124 Å². The van der Waals surface area contributed by atoms with Gasteiger partial charge >= 0.3 is 0 Å². The molecule has 1 unspecified atom stereocenters. The van der Waals surface area contributed by atoms with Gasteiger partial charge in [-0.2, -0.15) is 0 Å². The molecule has 0 spiro atoms. The highest BCUT2D eigenvalue weighted by Gasteiger charge is 2.37. The van der Waals surface area contributed by atoms with Crippen LogP contribution in [0, 0.1) is 17.3 Å². The van der Waals surface area contributed by atoms with Gasteiger partial charge < -0.3 is 5.73 Å². The molecular formula is C15H30N2O2S. The van der Waals surface area contributed by atoms with Gasteiger partial charge in [0.15, 0.2) is 0 Å². The van der Waals surface area contributed by atoms with Crippen LogP contribution in [0.15, 0.2) is 0 Å². The van der Waals surface area contributed by atoms with Crippen molar-refractivity contribution in [2.75, 3.05) is 25.9 Å². The van der Waals surface area contributed by atoms with Gasteiger partial charge in [-0.25, -0.2) is 12.7 Å². The number of sulfonamides is 1. The summed E-state index contributed by atoms with van der Waals surface area (Å²) in [6.07, 6.45) is 9.59. The van der Waals surface area contributed by atoms with Crippen LogP contribution >= 0.6 is 0 Å². The molecule has 20 heavy (non-hydrogen) atoms. The van der Waals surface area contributed by atoms with Crippen molar-refractivity contribution in [2.45, 2.75) is 51.9 Å². The van der Waals surface area contributed by atoms with Crippen LogP contribution in [0.4, 0.5) is 0 Å². The zero-order chi connectivity index (χ0) is 14.8. The average molecular weight is 302 g/mol. The van der Waals surface area contributed by atoms with E-state index >= 15 is 0 Å². The molecule has 4 nitrogen and oxygen atoms in total.